The van der Waals surface area contributed by atoms with Crippen LogP contribution in [0.4, 0.5) is 5.69 Å². The van der Waals surface area contributed by atoms with Crippen molar-refractivity contribution in [1.29, 1.82) is 0 Å². The molecule has 1 unspecified atom stereocenters. The van der Waals surface area contributed by atoms with E-state index in [1.54, 1.807) is 0 Å². The summed E-state index contributed by atoms with van der Waals surface area (Å²) in [5, 5.41) is 0. The molecular weight excluding hydrogens is 446 g/mol. The maximum Gasteiger partial charge on any atom is 0.132 e. The number of quaternary nitrogens is 1. The SMILES string of the molecule is CCCCCCCCCCCCCCCCCCC(c1ccccc1)[N+](C)(C)c1ccccc1.[Cl-]. The van der Waals surface area contributed by atoms with Crippen molar-refractivity contribution in [1.82, 2.24) is 4.48 Å². The fraction of sp³-hybridized carbons (Fsp3) is 0.636. The number of rotatable bonds is 20. The second-order valence-corrected chi connectivity index (χ2v) is 10.9. The molecule has 0 aliphatic carbocycles. The predicted molar refractivity (Wildman–Crippen MR) is 153 cm³/mol. The van der Waals surface area contributed by atoms with Gasteiger partial charge in [0.25, 0.3) is 0 Å². The highest BCUT2D eigenvalue weighted by Gasteiger charge is 2.31. The molecule has 0 amide bonds. The second kappa shape index (κ2) is 19.8. The molecule has 2 heteroatoms. The van der Waals surface area contributed by atoms with E-state index in [4.69, 9.17) is 0 Å². The van der Waals surface area contributed by atoms with Crippen LogP contribution in [0.3, 0.4) is 0 Å². The van der Waals surface area contributed by atoms with Gasteiger partial charge in [-0.2, -0.15) is 0 Å². The van der Waals surface area contributed by atoms with Crippen molar-refractivity contribution in [3.8, 4) is 0 Å². The van der Waals surface area contributed by atoms with Crippen LogP contribution >= 0.6 is 0 Å². The minimum atomic E-state index is 0. The number of para-hydroxylation sites is 1. The van der Waals surface area contributed by atoms with Crippen molar-refractivity contribution in [3.05, 3.63) is 66.2 Å². The molecule has 0 aliphatic heterocycles. The van der Waals surface area contributed by atoms with Gasteiger partial charge in [0.15, 0.2) is 0 Å². The molecule has 1 atom stereocenters. The van der Waals surface area contributed by atoms with Crippen LogP contribution < -0.4 is 16.9 Å². The van der Waals surface area contributed by atoms with Crippen molar-refractivity contribution < 1.29 is 12.4 Å². The third kappa shape index (κ3) is 13.0. The smallest absolute Gasteiger partial charge is 0.132 e. The van der Waals surface area contributed by atoms with E-state index in [1.807, 2.05) is 0 Å². The lowest BCUT2D eigenvalue weighted by Gasteiger charge is -2.38. The summed E-state index contributed by atoms with van der Waals surface area (Å²) in [6.45, 7) is 2.30. The van der Waals surface area contributed by atoms with Crippen LogP contribution in [0.5, 0.6) is 0 Å². The summed E-state index contributed by atoms with van der Waals surface area (Å²) < 4.78 is 0.920. The van der Waals surface area contributed by atoms with E-state index in [0.29, 0.717) is 6.04 Å². The summed E-state index contributed by atoms with van der Waals surface area (Å²) in [6, 6.07) is 22.7. The summed E-state index contributed by atoms with van der Waals surface area (Å²) in [5.74, 6) is 0. The van der Waals surface area contributed by atoms with E-state index < -0.39 is 0 Å². The number of hydrogen-bond acceptors (Lipinski definition) is 0. The van der Waals surface area contributed by atoms with Crippen LogP contribution in [0.1, 0.15) is 128 Å². The molecular formula is C33H54ClN. The Hall–Kier alpha value is -1.31. The first-order chi connectivity index (χ1) is 16.7. The van der Waals surface area contributed by atoms with Gasteiger partial charge in [-0.1, -0.05) is 152 Å². The van der Waals surface area contributed by atoms with E-state index in [1.165, 1.54) is 120 Å². The Kier molecular flexibility index (Phi) is 18.0. The minimum Gasteiger partial charge on any atom is -1.00 e. The number of halogens is 1. The molecule has 0 bridgehead atoms. The Morgan fingerprint density at radius 2 is 0.886 bits per heavy atom. The van der Waals surface area contributed by atoms with Gasteiger partial charge in [-0.15, -0.1) is 0 Å². The summed E-state index contributed by atoms with van der Waals surface area (Å²) >= 11 is 0. The molecule has 198 valence electrons. The van der Waals surface area contributed by atoms with Crippen molar-refractivity contribution >= 4 is 5.69 Å². The molecule has 0 aliphatic rings. The molecule has 0 heterocycles. The lowest BCUT2D eigenvalue weighted by molar-refractivity contribution is -0.00000737. The molecule has 35 heavy (non-hydrogen) atoms. The number of hydrogen-bond donors (Lipinski definition) is 0. The third-order valence-corrected chi connectivity index (χ3v) is 7.72. The molecule has 2 rings (SSSR count). The Morgan fingerprint density at radius 3 is 1.31 bits per heavy atom. The van der Waals surface area contributed by atoms with Gasteiger partial charge in [-0.3, -0.25) is 4.48 Å². The molecule has 0 saturated carbocycles. The lowest BCUT2D eigenvalue weighted by Crippen LogP contribution is -3.00. The first-order valence-corrected chi connectivity index (χ1v) is 14.6. The van der Waals surface area contributed by atoms with Crippen molar-refractivity contribution in [3.63, 3.8) is 0 Å². The molecule has 0 aromatic heterocycles. The molecule has 2 aromatic rings. The van der Waals surface area contributed by atoms with E-state index in [2.05, 4.69) is 81.7 Å². The van der Waals surface area contributed by atoms with Crippen molar-refractivity contribution in [2.45, 2.75) is 122 Å². The van der Waals surface area contributed by atoms with Gasteiger partial charge in [-0.05, 0) is 18.6 Å². The molecule has 0 N–H and O–H groups in total. The highest BCUT2D eigenvalue weighted by molar-refractivity contribution is 5.43. The maximum absolute atomic E-state index is 2.37. The molecule has 0 radical (unpaired) electrons. The minimum absolute atomic E-state index is 0. The fourth-order valence-corrected chi connectivity index (χ4v) is 5.42. The average Bonchev–Trinajstić information content (AvgIpc) is 2.87. The number of unbranched alkanes of at least 4 members (excludes halogenated alkanes) is 15. The quantitative estimate of drug-likeness (QED) is 0.129. The van der Waals surface area contributed by atoms with Crippen LogP contribution in [-0.4, -0.2) is 14.1 Å². The monoisotopic (exact) mass is 499 g/mol. The van der Waals surface area contributed by atoms with Gasteiger partial charge in [0.1, 0.15) is 11.7 Å². The first kappa shape index (κ1) is 31.7. The highest BCUT2D eigenvalue weighted by Crippen LogP contribution is 2.35. The van der Waals surface area contributed by atoms with Gasteiger partial charge >= 0.3 is 0 Å². The average molecular weight is 500 g/mol. The Labute approximate surface area is 224 Å². The van der Waals surface area contributed by atoms with Crippen LogP contribution in [0.15, 0.2) is 60.7 Å². The van der Waals surface area contributed by atoms with Crippen molar-refractivity contribution in [2.75, 3.05) is 14.1 Å². The van der Waals surface area contributed by atoms with Gasteiger partial charge in [0.2, 0.25) is 0 Å². The van der Waals surface area contributed by atoms with Crippen LogP contribution in [-0.2, 0) is 0 Å². The van der Waals surface area contributed by atoms with Gasteiger partial charge in [-0.25, -0.2) is 0 Å². The molecule has 0 fully saturated rings. The molecule has 0 saturated heterocycles. The highest BCUT2D eigenvalue weighted by atomic mass is 35.5. The predicted octanol–water partition coefficient (Wildman–Crippen LogP) is 7.65. The Balaban J connectivity index is 0.00000612. The summed E-state index contributed by atoms with van der Waals surface area (Å²) in [4.78, 5) is 0. The fourth-order valence-electron chi connectivity index (χ4n) is 5.42. The first-order valence-electron chi connectivity index (χ1n) is 14.6. The number of benzene rings is 2. The van der Waals surface area contributed by atoms with Crippen molar-refractivity contribution in [2.24, 2.45) is 0 Å². The second-order valence-electron chi connectivity index (χ2n) is 10.9. The van der Waals surface area contributed by atoms with E-state index in [-0.39, 0.29) is 12.4 Å². The zero-order chi connectivity index (χ0) is 24.3. The van der Waals surface area contributed by atoms with Crippen LogP contribution in [0.25, 0.3) is 0 Å². The van der Waals surface area contributed by atoms with Gasteiger partial charge < -0.3 is 12.4 Å². The zero-order valence-corrected chi connectivity index (χ0v) is 24.0. The maximum atomic E-state index is 2.37. The Bertz CT molecular complexity index is 712. The summed E-state index contributed by atoms with van der Waals surface area (Å²) in [5.41, 5.74) is 2.87. The van der Waals surface area contributed by atoms with Crippen LogP contribution in [0.2, 0.25) is 0 Å². The normalized spacial score (nSPS) is 12.3. The largest absolute Gasteiger partial charge is 1.00 e. The lowest BCUT2D eigenvalue weighted by atomic mass is 9.96. The van der Waals surface area contributed by atoms with Gasteiger partial charge in [0, 0.05) is 12.0 Å². The topological polar surface area (TPSA) is 0 Å². The summed E-state index contributed by atoms with van der Waals surface area (Å²) in [6.07, 6.45) is 24.1. The standard InChI is InChI=1S/C33H54N.ClH/c1-4-5-6-7-8-9-10-11-12-13-14-15-16-17-18-25-30-33(31-26-21-19-22-27-31)34(2,3)32-28-23-20-24-29-32;/h19-24,26-29,33H,4-18,25,30H2,1-3H3;1H/q+1;/p-1. The van der Waals surface area contributed by atoms with E-state index in [0.717, 1.165) is 4.48 Å². The third-order valence-electron chi connectivity index (χ3n) is 7.72. The molecule has 1 nitrogen and oxygen atoms in total. The Morgan fingerprint density at radius 1 is 0.514 bits per heavy atom. The van der Waals surface area contributed by atoms with Gasteiger partial charge in [0.05, 0.1) is 14.1 Å². The van der Waals surface area contributed by atoms with E-state index in [9.17, 15) is 0 Å². The molecule has 0 spiro atoms. The number of nitrogens with zero attached hydrogens (tertiary/aromatic N) is 1. The zero-order valence-electron chi connectivity index (χ0n) is 23.2. The van der Waals surface area contributed by atoms with Crippen LogP contribution in [0, 0.1) is 0 Å². The molecule has 2 aromatic carbocycles. The van der Waals surface area contributed by atoms with E-state index >= 15 is 0 Å². The summed E-state index contributed by atoms with van der Waals surface area (Å²) in [7, 11) is 4.75.